The Morgan fingerprint density at radius 3 is 2.45 bits per heavy atom. The van der Waals surface area contributed by atoms with Gasteiger partial charge in [-0.15, -0.1) is 0 Å². The summed E-state index contributed by atoms with van der Waals surface area (Å²) in [6, 6.07) is 23.3. The highest BCUT2D eigenvalue weighted by Crippen LogP contribution is 2.36. The molecule has 0 amide bonds. The summed E-state index contributed by atoms with van der Waals surface area (Å²) in [7, 11) is 0. The lowest BCUT2D eigenvalue weighted by molar-refractivity contribution is 0.267. The molecule has 0 unspecified atom stereocenters. The molecular formula is C24H19ClINO2. The van der Waals surface area contributed by atoms with E-state index in [1.807, 2.05) is 79.7 Å². The average Bonchev–Trinajstić information content (AvgIpc) is 2.73. The molecule has 3 nitrogen and oxygen atoms in total. The molecule has 0 spiro atoms. The van der Waals surface area contributed by atoms with Gasteiger partial charge in [-0.05, 0) is 76.5 Å². The minimum Gasteiger partial charge on any atom is -0.490 e. The van der Waals surface area contributed by atoms with Crippen LogP contribution in [0.5, 0.6) is 11.5 Å². The molecular weight excluding hydrogens is 497 g/mol. The third-order valence-corrected chi connectivity index (χ3v) is 5.20. The topological polar surface area (TPSA) is 42.2 Å². The first-order valence-corrected chi connectivity index (χ1v) is 10.6. The van der Waals surface area contributed by atoms with Crippen molar-refractivity contribution in [1.29, 1.82) is 5.26 Å². The van der Waals surface area contributed by atoms with Gasteiger partial charge in [-0.2, -0.15) is 5.26 Å². The minimum absolute atomic E-state index is 0.413. The third kappa shape index (κ3) is 5.75. The molecule has 146 valence electrons. The van der Waals surface area contributed by atoms with E-state index in [9.17, 15) is 5.26 Å². The summed E-state index contributed by atoms with van der Waals surface area (Å²) >= 11 is 8.18. The van der Waals surface area contributed by atoms with Crippen molar-refractivity contribution in [3.8, 4) is 17.6 Å². The van der Waals surface area contributed by atoms with E-state index in [0.29, 0.717) is 35.3 Å². The number of nitriles is 1. The van der Waals surface area contributed by atoms with E-state index in [1.165, 1.54) is 0 Å². The lowest BCUT2D eigenvalue weighted by Crippen LogP contribution is -2.02. The second-order valence-electron chi connectivity index (χ2n) is 6.21. The number of rotatable bonds is 7. The van der Waals surface area contributed by atoms with E-state index in [1.54, 1.807) is 0 Å². The van der Waals surface area contributed by atoms with Gasteiger partial charge in [0.15, 0.2) is 11.5 Å². The maximum atomic E-state index is 9.58. The van der Waals surface area contributed by atoms with E-state index >= 15 is 0 Å². The normalized spacial score (nSPS) is 11.0. The summed E-state index contributed by atoms with van der Waals surface area (Å²) in [4.78, 5) is 0. The predicted octanol–water partition coefficient (Wildman–Crippen LogP) is 6.99. The van der Waals surface area contributed by atoms with Gasteiger partial charge in [0.1, 0.15) is 6.61 Å². The summed E-state index contributed by atoms with van der Waals surface area (Å²) in [6.45, 7) is 2.86. The smallest absolute Gasteiger partial charge is 0.175 e. The van der Waals surface area contributed by atoms with E-state index < -0.39 is 0 Å². The fourth-order valence-electron chi connectivity index (χ4n) is 2.77. The second kappa shape index (κ2) is 10.3. The van der Waals surface area contributed by atoms with Crippen LogP contribution in [0, 0.1) is 14.9 Å². The minimum atomic E-state index is 0.413. The highest BCUT2D eigenvalue weighted by molar-refractivity contribution is 14.1. The molecule has 0 fully saturated rings. The first kappa shape index (κ1) is 21.2. The van der Waals surface area contributed by atoms with E-state index in [-0.39, 0.29) is 0 Å². The molecule has 3 aromatic rings. The highest BCUT2D eigenvalue weighted by atomic mass is 127. The molecule has 3 aromatic carbocycles. The Hall–Kier alpha value is -2.49. The lowest BCUT2D eigenvalue weighted by Gasteiger charge is -2.15. The van der Waals surface area contributed by atoms with Gasteiger partial charge in [-0.1, -0.05) is 54.1 Å². The van der Waals surface area contributed by atoms with Crippen LogP contribution in [0.15, 0.2) is 66.7 Å². The first-order valence-electron chi connectivity index (χ1n) is 9.11. The van der Waals surface area contributed by atoms with Crippen LogP contribution in [0.1, 0.15) is 23.6 Å². The number of ether oxygens (including phenoxy) is 2. The second-order valence-corrected chi connectivity index (χ2v) is 7.81. The SMILES string of the molecule is CCOc1cc(/C=C(/C#N)c2ccccc2)cc(I)c1OCc1ccc(Cl)cc1. The number of hydrogen-bond acceptors (Lipinski definition) is 3. The molecule has 3 rings (SSSR count). The van der Waals surface area contributed by atoms with Gasteiger partial charge in [-0.3, -0.25) is 0 Å². The van der Waals surface area contributed by atoms with Crippen LogP contribution in [-0.4, -0.2) is 6.61 Å². The van der Waals surface area contributed by atoms with Crippen LogP contribution < -0.4 is 9.47 Å². The zero-order valence-electron chi connectivity index (χ0n) is 15.9. The number of halogens is 2. The average molecular weight is 516 g/mol. The predicted molar refractivity (Wildman–Crippen MR) is 126 cm³/mol. The summed E-state index contributed by atoms with van der Waals surface area (Å²) in [6.07, 6.45) is 1.86. The highest BCUT2D eigenvalue weighted by Gasteiger charge is 2.13. The number of hydrogen-bond donors (Lipinski definition) is 0. The Balaban J connectivity index is 1.90. The fraction of sp³-hybridized carbons (Fsp3) is 0.125. The molecule has 0 saturated heterocycles. The summed E-state index contributed by atoms with van der Waals surface area (Å²) in [5, 5.41) is 10.3. The molecule has 0 aliphatic rings. The number of nitrogens with zero attached hydrogens (tertiary/aromatic N) is 1. The maximum absolute atomic E-state index is 9.58. The molecule has 0 aliphatic carbocycles. The Morgan fingerprint density at radius 2 is 1.79 bits per heavy atom. The molecule has 0 aromatic heterocycles. The van der Waals surface area contributed by atoms with E-state index in [4.69, 9.17) is 21.1 Å². The summed E-state index contributed by atoms with van der Waals surface area (Å²) in [5.74, 6) is 1.35. The first-order chi connectivity index (χ1) is 14.1. The van der Waals surface area contributed by atoms with Crippen molar-refractivity contribution in [1.82, 2.24) is 0 Å². The van der Waals surface area contributed by atoms with Gasteiger partial charge in [0.05, 0.1) is 21.8 Å². The Kier molecular flexibility index (Phi) is 7.56. The summed E-state index contributed by atoms with van der Waals surface area (Å²) in [5.41, 5.74) is 3.38. The van der Waals surface area contributed by atoms with Gasteiger partial charge in [0, 0.05) is 5.02 Å². The molecule has 0 bridgehead atoms. The third-order valence-electron chi connectivity index (χ3n) is 4.14. The quantitative estimate of drug-likeness (QED) is 0.194. The van der Waals surface area contributed by atoms with Crippen LogP contribution >= 0.6 is 34.2 Å². The molecule has 29 heavy (non-hydrogen) atoms. The van der Waals surface area contributed by atoms with Gasteiger partial charge in [0.2, 0.25) is 0 Å². The fourth-order valence-corrected chi connectivity index (χ4v) is 3.68. The standard InChI is InChI=1S/C24H19ClINO2/c1-2-28-23-14-18(12-20(15-27)19-6-4-3-5-7-19)13-22(26)24(23)29-16-17-8-10-21(25)11-9-17/h3-14H,2,16H2,1H3/b20-12-. The molecule has 0 saturated carbocycles. The zero-order chi connectivity index (χ0) is 20.6. The molecule has 0 radical (unpaired) electrons. The lowest BCUT2D eigenvalue weighted by atomic mass is 10.0. The van der Waals surface area contributed by atoms with E-state index in [2.05, 4.69) is 28.7 Å². The molecule has 0 atom stereocenters. The Morgan fingerprint density at radius 1 is 1.07 bits per heavy atom. The molecule has 0 N–H and O–H groups in total. The van der Waals surface area contributed by atoms with E-state index in [0.717, 1.165) is 20.3 Å². The van der Waals surface area contributed by atoms with Gasteiger partial charge < -0.3 is 9.47 Å². The monoisotopic (exact) mass is 515 g/mol. The van der Waals surface area contributed by atoms with Gasteiger partial charge in [0.25, 0.3) is 0 Å². The van der Waals surface area contributed by atoms with Gasteiger partial charge in [-0.25, -0.2) is 0 Å². The van der Waals surface area contributed by atoms with Gasteiger partial charge >= 0.3 is 0 Å². The van der Waals surface area contributed by atoms with Crippen molar-refractivity contribution >= 4 is 45.8 Å². The van der Waals surface area contributed by atoms with Crippen LogP contribution in [-0.2, 0) is 6.61 Å². The van der Waals surface area contributed by atoms with Crippen molar-refractivity contribution in [3.05, 3.63) is 92.0 Å². The van der Waals surface area contributed by atoms with Crippen molar-refractivity contribution in [2.45, 2.75) is 13.5 Å². The van der Waals surface area contributed by atoms with Crippen LogP contribution in [0.25, 0.3) is 11.6 Å². The Bertz CT molecular complexity index is 1040. The zero-order valence-corrected chi connectivity index (χ0v) is 18.8. The molecule has 5 heteroatoms. The maximum Gasteiger partial charge on any atom is 0.175 e. The number of allylic oxidation sites excluding steroid dienone is 1. The molecule has 0 aliphatic heterocycles. The number of benzene rings is 3. The molecule has 0 heterocycles. The van der Waals surface area contributed by atoms with Crippen molar-refractivity contribution in [2.24, 2.45) is 0 Å². The van der Waals surface area contributed by atoms with Crippen molar-refractivity contribution < 1.29 is 9.47 Å². The van der Waals surface area contributed by atoms with Crippen LogP contribution in [0.2, 0.25) is 5.02 Å². The Labute approximate surface area is 189 Å². The largest absolute Gasteiger partial charge is 0.490 e. The van der Waals surface area contributed by atoms with Crippen LogP contribution in [0.4, 0.5) is 0 Å². The van der Waals surface area contributed by atoms with Crippen LogP contribution in [0.3, 0.4) is 0 Å². The van der Waals surface area contributed by atoms with Crippen molar-refractivity contribution in [2.75, 3.05) is 6.61 Å². The summed E-state index contributed by atoms with van der Waals surface area (Å²) < 4.78 is 12.8. The van der Waals surface area contributed by atoms with Crippen molar-refractivity contribution in [3.63, 3.8) is 0 Å².